The van der Waals surface area contributed by atoms with Gasteiger partial charge in [-0.3, -0.25) is 0 Å². The molecular formula is C8H6AsN. The van der Waals surface area contributed by atoms with Crippen LogP contribution in [0.5, 0.6) is 0 Å². The summed E-state index contributed by atoms with van der Waals surface area (Å²) >= 11 is 2.53. The van der Waals surface area contributed by atoms with Gasteiger partial charge in [-0.05, 0) is 0 Å². The fourth-order valence-corrected chi connectivity index (χ4v) is 1.46. The molecule has 1 aromatic carbocycles. The van der Waals surface area contributed by atoms with Gasteiger partial charge in [0, 0.05) is 0 Å². The molecule has 0 bridgehead atoms. The van der Waals surface area contributed by atoms with E-state index >= 15 is 0 Å². The number of H-pyrrole nitrogens is 1. The summed E-state index contributed by atoms with van der Waals surface area (Å²) in [5.41, 5.74) is 1.21. The fourth-order valence-electron chi connectivity index (χ4n) is 1.04. The molecule has 1 N–H and O–H groups in total. The molecule has 2 heteroatoms. The van der Waals surface area contributed by atoms with Crippen LogP contribution in [0.3, 0.4) is 0 Å². The average molecular weight is 191 g/mol. The Morgan fingerprint density at radius 1 is 1.20 bits per heavy atom. The van der Waals surface area contributed by atoms with Crippen molar-refractivity contribution in [2.75, 3.05) is 0 Å². The van der Waals surface area contributed by atoms with Gasteiger partial charge >= 0.3 is 67.6 Å². The van der Waals surface area contributed by atoms with Crippen molar-refractivity contribution in [2.45, 2.75) is 0 Å². The van der Waals surface area contributed by atoms with Crippen LogP contribution >= 0.6 is 0 Å². The minimum atomic E-state index is 1.21. The Labute approximate surface area is 67.9 Å². The van der Waals surface area contributed by atoms with Crippen LogP contribution in [0.25, 0.3) is 10.9 Å². The molecule has 2 radical (unpaired) electrons. The van der Waals surface area contributed by atoms with E-state index in [2.05, 4.69) is 46.1 Å². The van der Waals surface area contributed by atoms with Crippen molar-refractivity contribution < 1.29 is 0 Å². The third kappa shape index (κ3) is 0.871. The summed E-state index contributed by atoms with van der Waals surface area (Å²) in [6.45, 7) is 0. The first kappa shape index (κ1) is 6.06. The number of benzene rings is 1. The van der Waals surface area contributed by atoms with Gasteiger partial charge in [0.15, 0.2) is 0 Å². The number of aromatic nitrogens is 1. The maximum absolute atomic E-state index is 3.15. The summed E-state index contributed by atoms with van der Waals surface area (Å²) in [6.07, 6.45) is 1.96. The first-order valence-electron chi connectivity index (χ1n) is 3.12. The first-order valence-corrected chi connectivity index (χ1v) is 4.06. The zero-order valence-corrected chi connectivity index (χ0v) is 7.21. The topological polar surface area (TPSA) is 15.8 Å². The van der Waals surface area contributed by atoms with Gasteiger partial charge < -0.3 is 0 Å². The van der Waals surface area contributed by atoms with Crippen LogP contribution in [-0.2, 0) is 0 Å². The molecular weight excluding hydrogens is 185 g/mol. The van der Waals surface area contributed by atoms with E-state index in [1.807, 2.05) is 6.20 Å². The predicted octanol–water partition coefficient (Wildman–Crippen LogP) is 0.962. The van der Waals surface area contributed by atoms with E-state index in [1.165, 1.54) is 15.3 Å². The monoisotopic (exact) mass is 191 g/mol. The Hall–Kier alpha value is -0.682. The number of nitrogens with one attached hydrogen (secondary N) is 1. The van der Waals surface area contributed by atoms with Gasteiger partial charge in [0.2, 0.25) is 0 Å². The van der Waals surface area contributed by atoms with E-state index in [0.29, 0.717) is 0 Å². The Kier molecular flexibility index (Phi) is 1.32. The van der Waals surface area contributed by atoms with Crippen molar-refractivity contribution in [1.29, 1.82) is 0 Å². The molecule has 0 amide bonds. The molecule has 48 valence electrons. The molecule has 0 aliphatic heterocycles. The van der Waals surface area contributed by atoms with Crippen LogP contribution in [-0.4, -0.2) is 21.8 Å². The number of rotatable bonds is 0. The van der Waals surface area contributed by atoms with Crippen LogP contribution in [0.2, 0.25) is 0 Å². The summed E-state index contributed by atoms with van der Waals surface area (Å²) in [7, 11) is 0. The van der Waals surface area contributed by atoms with E-state index in [9.17, 15) is 0 Å². The molecule has 2 aromatic rings. The average Bonchev–Trinajstić information content (AvgIpc) is 2.33. The van der Waals surface area contributed by atoms with Crippen molar-refractivity contribution in [3.05, 3.63) is 30.5 Å². The van der Waals surface area contributed by atoms with E-state index in [1.54, 1.807) is 0 Å². The third-order valence-corrected chi connectivity index (χ3v) is 2.12. The Bertz CT molecular complexity index is 351. The Morgan fingerprint density at radius 3 is 3.00 bits per heavy atom. The van der Waals surface area contributed by atoms with Crippen LogP contribution in [0.15, 0.2) is 30.5 Å². The second-order valence-electron chi connectivity index (χ2n) is 2.25. The van der Waals surface area contributed by atoms with Crippen LogP contribution < -0.4 is 4.35 Å². The molecule has 0 aliphatic rings. The predicted molar refractivity (Wildman–Crippen MR) is 43.7 cm³/mol. The second-order valence-corrected chi connectivity index (χ2v) is 3.33. The SMILES string of the molecule is [As]c1ccc2cc[nH]c2c1. The molecule has 2 rings (SSSR count). The molecule has 0 aliphatic carbocycles. The summed E-state index contributed by atoms with van der Waals surface area (Å²) in [4.78, 5) is 3.15. The number of aromatic amines is 1. The summed E-state index contributed by atoms with van der Waals surface area (Å²) in [5, 5.41) is 1.27. The summed E-state index contributed by atoms with van der Waals surface area (Å²) in [6, 6.07) is 8.40. The summed E-state index contributed by atoms with van der Waals surface area (Å²) in [5.74, 6) is 0. The molecule has 1 nitrogen and oxygen atoms in total. The van der Waals surface area contributed by atoms with E-state index in [4.69, 9.17) is 0 Å². The van der Waals surface area contributed by atoms with Gasteiger partial charge in [-0.1, -0.05) is 0 Å². The Morgan fingerprint density at radius 2 is 2.10 bits per heavy atom. The summed E-state index contributed by atoms with van der Waals surface area (Å²) < 4.78 is 1.24. The van der Waals surface area contributed by atoms with Crippen molar-refractivity contribution in [3.63, 3.8) is 0 Å². The minimum absolute atomic E-state index is 1.21. The van der Waals surface area contributed by atoms with Crippen molar-refractivity contribution in [1.82, 2.24) is 4.98 Å². The van der Waals surface area contributed by atoms with Crippen molar-refractivity contribution in [2.24, 2.45) is 0 Å². The molecule has 0 spiro atoms. The van der Waals surface area contributed by atoms with E-state index < -0.39 is 0 Å². The zero-order chi connectivity index (χ0) is 6.97. The normalized spacial score (nSPS) is 10.5. The van der Waals surface area contributed by atoms with Gasteiger partial charge in [-0.2, -0.15) is 0 Å². The van der Waals surface area contributed by atoms with Gasteiger partial charge in [-0.25, -0.2) is 0 Å². The number of hydrogen-bond donors (Lipinski definition) is 1. The Balaban J connectivity index is 2.86. The van der Waals surface area contributed by atoms with Crippen LogP contribution in [0.4, 0.5) is 0 Å². The zero-order valence-electron chi connectivity index (χ0n) is 5.33. The molecule has 1 heterocycles. The van der Waals surface area contributed by atoms with Gasteiger partial charge in [0.05, 0.1) is 0 Å². The van der Waals surface area contributed by atoms with Crippen LogP contribution in [0.1, 0.15) is 0 Å². The number of hydrogen-bond acceptors (Lipinski definition) is 0. The van der Waals surface area contributed by atoms with E-state index in [-0.39, 0.29) is 0 Å². The molecule has 0 unspecified atom stereocenters. The third-order valence-electron chi connectivity index (χ3n) is 1.54. The molecule has 10 heavy (non-hydrogen) atoms. The second kappa shape index (κ2) is 2.17. The maximum atomic E-state index is 3.15. The molecule has 0 saturated heterocycles. The molecule has 0 fully saturated rings. The van der Waals surface area contributed by atoms with Gasteiger partial charge in [-0.15, -0.1) is 0 Å². The van der Waals surface area contributed by atoms with Crippen molar-refractivity contribution >= 4 is 32.1 Å². The molecule has 0 saturated carbocycles. The first-order chi connectivity index (χ1) is 4.86. The molecule has 1 aromatic heterocycles. The van der Waals surface area contributed by atoms with Gasteiger partial charge in [0.1, 0.15) is 0 Å². The quantitative estimate of drug-likeness (QED) is 0.597. The van der Waals surface area contributed by atoms with Gasteiger partial charge in [0.25, 0.3) is 0 Å². The molecule has 0 atom stereocenters. The van der Waals surface area contributed by atoms with Crippen molar-refractivity contribution in [3.8, 4) is 0 Å². The standard InChI is InChI=1S/C8H6AsN/c9-7-2-1-6-3-4-10-8(6)5-7/h1-5,10H. The van der Waals surface area contributed by atoms with E-state index in [0.717, 1.165) is 0 Å². The van der Waals surface area contributed by atoms with Crippen LogP contribution in [0, 0.1) is 0 Å². The number of fused-ring (bicyclic) bond motifs is 1. The fraction of sp³-hybridized carbons (Fsp3) is 0.